The Morgan fingerprint density at radius 1 is 1.29 bits per heavy atom. The molecule has 0 bridgehead atoms. The van der Waals surface area contributed by atoms with E-state index < -0.39 is 0 Å². The zero-order chi connectivity index (χ0) is 9.80. The highest BCUT2D eigenvalue weighted by Crippen LogP contribution is 2.07. The minimum atomic E-state index is 0.434. The van der Waals surface area contributed by atoms with E-state index in [1.807, 2.05) is 30.3 Å². The van der Waals surface area contributed by atoms with E-state index in [9.17, 15) is 4.79 Å². The number of rotatable bonds is 3. The molecule has 0 aliphatic rings. The lowest BCUT2D eigenvalue weighted by Gasteiger charge is -1.96. The molecule has 1 aromatic heterocycles. The standard InChI is InChI=1S/C9H8N4O/c14-7-10-9-6-13(12-11-9)8-4-2-1-3-5-8/h1-7H,(H,10,14). The lowest BCUT2D eigenvalue weighted by Crippen LogP contribution is -1.93. The molecule has 0 aliphatic carbocycles. The van der Waals surface area contributed by atoms with Gasteiger partial charge in [0.05, 0.1) is 11.9 Å². The third-order valence-electron chi connectivity index (χ3n) is 1.72. The van der Waals surface area contributed by atoms with Gasteiger partial charge in [0.25, 0.3) is 0 Å². The molecule has 0 fully saturated rings. The molecule has 14 heavy (non-hydrogen) atoms. The largest absolute Gasteiger partial charge is 0.310 e. The van der Waals surface area contributed by atoms with Crippen LogP contribution in [0.3, 0.4) is 0 Å². The number of anilines is 1. The summed E-state index contributed by atoms with van der Waals surface area (Å²) in [5, 5.41) is 10.0. The SMILES string of the molecule is O=CNc1cn(-c2ccccc2)nn1. The maximum atomic E-state index is 10.1. The third-order valence-corrected chi connectivity index (χ3v) is 1.72. The molecule has 1 amide bonds. The van der Waals surface area contributed by atoms with Crippen LogP contribution in [0.5, 0.6) is 0 Å². The number of aromatic nitrogens is 3. The van der Waals surface area contributed by atoms with Gasteiger partial charge in [0.1, 0.15) is 0 Å². The first kappa shape index (κ1) is 8.43. The molecule has 1 heterocycles. The first-order valence-electron chi connectivity index (χ1n) is 4.08. The minimum absolute atomic E-state index is 0.434. The van der Waals surface area contributed by atoms with Crippen LogP contribution in [-0.4, -0.2) is 21.4 Å². The number of carbonyl (C=O) groups is 1. The van der Waals surface area contributed by atoms with Gasteiger partial charge in [-0.05, 0) is 12.1 Å². The van der Waals surface area contributed by atoms with Crippen LogP contribution >= 0.6 is 0 Å². The van der Waals surface area contributed by atoms with Crippen molar-refractivity contribution in [2.45, 2.75) is 0 Å². The Balaban J connectivity index is 2.29. The summed E-state index contributed by atoms with van der Waals surface area (Å²) >= 11 is 0. The van der Waals surface area contributed by atoms with Crippen LogP contribution in [-0.2, 0) is 4.79 Å². The molecule has 0 atom stereocenters. The van der Waals surface area contributed by atoms with Gasteiger partial charge < -0.3 is 5.32 Å². The lowest BCUT2D eigenvalue weighted by molar-refractivity contribution is -0.105. The summed E-state index contributed by atoms with van der Waals surface area (Å²) in [5.74, 6) is 0.434. The second-order valence-electron chi connectivity index (χ2n) is 2.65. The Kier molecular flexibility index (Phi) is 2.22. The summed E-state index contributed by atoms with van der Waals surface area (Å²) in [4.78, 5) is 10.1. The molecule has 70 valence electrons. The zero-order valence-corrected chi connectivity index (χ0v) is 7.29. The lowest BCUT2D eigenvalue weighted by atomic mass is 10.3. The quantitative estimate of drug-likeness (QED) is 0.726. The van der Waals surface area contributed by atoms with Crippen LogP contribution in [0.1, 0.15) is 0 Å². The zero-order valence-electron chi connectivity index (χ0n) is 7.29. The van der Waals surface area contributed by atoms with Gasteiger partial charge in [-0.15, -0.1) is 5.10 Å². The van der Waals surface area contributed by atoms with E-state index in [0.29, 0.717) is 12.2 Å². The van der Waals surface area contributed by atoms with Crippen molar-refractivity contribution in [2.24, 2.45) is 0 Å². The molecule has 5 heteroatoms. The molecule has 0 radical (unpaired) electrons. The predicted molar refractivity (Wildman–Crippen MR) is 51.0 cm³/mol. The summed E-state index contributed by atoms with van der Waals surface area (Å²) in [6.45, 7) is 0. The van der Waals surface area contributed by atoms with E-state index in [0.717, 1.165) is 5.69 Å². The van der Waals surface area contributed by atoms with Crippen LogP contribution in [0.25, 0.3) is 5.69 Å². The van der Waals surface area contributed by atoms with Crippen molar-refractivity contribution in [3.63, 3.8) is 0 Å². The normalized spacial score (nSPS) is 9.71. The van der Waals surface area contributed by atoms with Crippen LogP contribution < -0.4 is 5.32 Å². The maximum absolute atomic E-state index is 10.1. The number of para-hydroxylation sites is 1. The molecular weight excluding hydrogens is 180 g/mol. The van der Waals surface area contributed by atoms with E-state index in [2.05, 4.69) is 15.6 Å². The Morgan fingerprint density at radius 3 is 2.79 bits per heavy atom. The molecule has 1 N–H and O–H groups in total. The van der Waals surface area contributed by atoms with E-state index in [1.54, 1.807) is 10.9 Å². The second kappa shape index (κ2) is 3.69. The average Bonchev–Trinajstić information content (AvgIpc) is 2.68. The van der Waals surface area contributed by atoms with Crippen LogP contribution in [0.15, 0.2) is 36.5 Å². The van der Waals surface area contributed by atoms with Crippen molar-refractivity contribution in [3.8, 4) is 5.69 Å². The Hall–Kier alpha value is -2.17. The first-order valence-corrected chi connectivity index (χ1v) is 4.08. The van der Waals surface area contributed by atoms with Gasteiger partial charge in [0, 0.05) is 0 Å². The fraction of sp³-hybridized carbons (Fsp3) is 0. The highest BCUT2D eigenvalue weighted by molar-refractivity contribution is 5.68. The van der Waals surface area contributed by atoms with Gasteiger partial charge in [-0.2, -0.15) is 0 Å². The topological polar surface area (TPSA) is 59.8 Å². The third kappa shape index (κ3) is 1.61. The average molecular weight is 188 g/mol. The molecule has 5 nitrogen and oxygen atoms in total. The number of nitrogens with one attached hydrogen (secondary N) is 1. The highest BCUT2D eigenvalue weighted by atomic mass is 16.1. The molecule has 0 saturated heterocycles. The first-order chi connectivity index (χ1) is 6.90. The van der Waals surface area contributed by atoms with Crippen molar-refractivity contribution < 1.29 is 4.79 Å². The van der Waals surface area contributed by atoms with E-state index in [-0.39, 0.29) is 0 Å². The minimum Gasteiger partial charge on any atom is -0.310 e. The monoisotopic (exact) mass is 188 g/mol. The molecule has 2 aromatic rings. The van der Waals surface area contributed by atoms with Crippen molar-refractivity contribution in [1.29, 1.82) is 0 Å². The summed E-state index contributed by atoms with van der Waals surface area (Å²) < 4.78 is 1.59. The Labute approximate surface area is 80.4 Å². The van der Waals surface area contributed by atoms with Crippen LogP contribution in [0.2, 0.25) is 0 Å². The molecular formula is C9H8N4O. The molecule has 0 saturated carbocycles. The van der Waals surface area contributed by atoms with Crippen molar-refractivity contribution in [3.05, 3.63) is 36.5 Å². The maximum Gasteiger partial charge on any atom is 0.212 e. The number of hydrogen-bond acceptors (Lipinski definition) is 3. The van der Waals surface area contributed by atoms with E-state index in [4.69, 9.17) is 0 Å². The van der Waals surface area contributed by atoms with Crippen LogP contribution in [0.4, 0.5) is 5.82 Å². The number of hydrogen-bond donors (Lipinski definition) is 1. The fourth-order valence-corrected chi connectivity index (χ4v) is 1.10. The molecule has 0 unspecified atom stereocenters. The van der Waals surface area contributed by atoms with Gasteiger partial charge in [0.15, 0.2) is 5.82 Å². The fourth-order valence-electron chi connectivity index (χ4n) is 1.10. The van der Waals surface area contributed by atoms with Crippen molar-refractivity contribution >= 4 is 12.2 Å². The Morgan fingerprint density at radius 2 is 2.07 bits per heavy atom. The number of carbonyl (C=O) groups excluding carboxylic acids is 1. The number of benzene rings is 1. The summed E-state index contributed by atoms with van der Waals surface area (Å²) in [6, 6.07) is 9.54. The summed E-state index contributed by atoms with van der Waals surface area (Å²) in [5.41, 5.74) is 0.902. The molecule has 1 aromatic carbocycles. The molecule has 0 aliphatic heterocycles. The summed E-state index contributed by atoms with van der Waals surface area (Å²) in [6.07, 6.45) is 2.21. The van der Waals surface area contributed by atoms with Gasteiger partial charge in [-0.3, -0.25) is 4.79 Å². The highest BCUT2D eigenvalue weighted by Gasteiger charge is 1.99. The number of nitrogens with zero attached hydrogens (tertiary/aromatic N) is 3. The second-order valence-corrected chi connectivity index (χ2v) is 2.65. The number of amides is 1. The van der Waals surface area contributed by atoms with E-state index in [1.165, 1.54) is 0 Å². The van der Waals surface area contributed by atoms with Gasteiger partial charge in [-0.1, -0.05) is 23.4 Å². The Bertz CT molecular complexity index is 423. The smallest absolute Gasteiger partial charge is 0.212 e. The molecule has 0 spiro atoms. The van der Waals surface area contributed by atoms with Gasteiger partial charge in [-0.25, -0.2) is 4.68 Å². The van der Waals surface area contributed by atoms with E-state index >= 15 is 0 Å². The predicted octanol–water partition coefficient (Wildman–Crippen LogP) is 0.836. The van der Waals surface area contributed by atoms with Gasteiger partial charge >= 0.3 is 0 Å². The van der Waals surface area contributed by atoms with Crippen molar-refractivity contribution in [1.82, 2.24) is 15.0 Å². The van der Waals surface area contributed by atoms with Crippen LogP contribution in [0, 0.1) is 0 Å². The molecule has 2 rings (SSSR count). The van der Waals surface area contributed by atoms with Crippen molar-refractivity contribution in [2.75, 3.05) is 5.32 Å². The van der Waals surface area contributed by atoms with Gasteiger partial charge in [0.2, 0.25) is 6.41 Å². The summed E-state index contributed by atoms with van der Waals surface area (Å²) in [7, 11) is 0.